The predicted octanol–water partition coefficient (Wildman–Crippen LogP) is 4.47. The van der Waals surface area contributed by atoms with Crippen molar-refractivity contribution in [3.05, 3.63) is 77.2 Å². The minimum absolute atomic E-state index is 0.285. The van der Waals surface area contributed by atoms with Crippen molar-refractivity contribution in [3.63, 3.8) is 0 Å². The number of benzene rings is 2. The van der Waals surface area contributed by atoms with Gasteiger partial charge in [0.2, 0.25) is 5.89 Å². The van der Waals surface area contributed by atoms with Crippen molar-refractivity contribution in [2.45, 2.75) is 45.1 Å². The van der Waals surface area contributed by atoms with E-state index in [4.69, 9.17) is 14.5 Å². The number of hydrogen-bond acceptors (Lipinski definition) is 4. The Hall–Kier alpha value is -2.95. The molecule has 0 atom stereocenters. The van der Waals surface area contributed by atoms with Crippen LogP contribution < -0.4 is 0 Å². The van der Waals surface area contributed by atoms with Gasteiger partial charge in [-0.3, -0.25) is 0 Å². The molecule has 0 unspecified atom stereocenters. The Morgan fingerprint density at radius 1 is 1.00 bits per heavy atom. The third kappa shape index (κ3) is 2.83. The molecule has 4 aromatic rings. The van der Waals surface area contributed by atoms with E-state index in [1.54, 1.807) is 0 Å². The van der Waals surface area contributed by atoms with Crippen LogP contribution in [0.5, 0.6) is 0 Å². The van der Waals surface area contributed by atoms with Crippen molar-refractivity contribution in [1.82, 2.24) is 19.7 Å². The second kappa shape index (κ2) is 6.34. The highest BCUT2D eigenvalue weighted by molar-refractivity contribution is 5.76. The molecule has 5 nitrogen and oxygen atoms in total. The van der Waals surface area contributed by atoms with E-state index < -0.39 is 0 Å². The summed E-state index contributed by atoms with van der Waals surface area (Å²) < 4.78 is 7.85. The van der Waals surface area contributed by atoms with Crippen LogP contribution in [-0.4, -0.2) is 19.7 Å². The molecule has 27 heavy (non-hydrogen) atoms. The smallest absolute Gasteiger partial charge is 0.230 e. The molecule has 0 bridgehead atoms. The lowest BCUT2D eigenvalue weighted by atomic mass is 10.1. The number of rotatable bonds is 4. The average molecular weight is 358 g/mol. The maximum atomic E-state index is 5.65. The van der Waals surface area contributed by atoms with Crippen LogP contribution in [0, 0.1) is 0 Å². The summed E-state index contributed by atoms with van der Waals surface area (Å²) in [6.07, 6.45) is 1.95. The fraction of sp³-hybridized carbons (Fsp3) is 0.318. The first-order valence-corrected chi connectivity index (χ1v) is 9.53. The first-order chi connectivity index (χ1) is 13.2. The van der Waals surface area contributed by atoms with Gasteiger partial charge in [0.1, 0.15) is 5.82 Å². The molecule has 0 fully saturated rings. The Kier molecular flexibility index (Phi) is 3.81. The number of imidazole rings is 1. The monoisotopic (exact) mass is 358 g/mol. The molecule has 5 rings (SSSR count). The zero-order chi connectivity index (χ0) is 18.4. The molecule has 1 aliphatic carbocycles. The molecule has 0 saturated heterocycles. The molecule has 2 heterocycles. The molecule has 0 spiro atoms. The number of para-hydroxylation sites is 2. The van der Waals surface area contributed by atoms with E-state index in [-0.39, 0.29) is 5.92 Å². The van der Waals surface area contributed by atoms with Gasteiger partial charge in [0.15, 0.2) is 5.82 Å². The highest BCUT2D eigenvalue weighted by atomic mass is 16.5. The maximum absolute atomic E-state index is 5.65. The van der Waals surface area contributed by atoms with Gasteiger partial charge in [-0.1, -0.05) is 55.4 Å². The van der Waals surface area contributed by atoms with E-state index in [1.807, 2.05) is 12.1 Å². The third-order valence-corrected chi connectivity index (χ3v) is 5.38. The van der Waals surface area contributed by atoms with Crippen molar-refractivity contribution in [1.29, 1.82) is 0 Å². The summed E-state index contributed by atoms with van der Waals surface area (Å²) in [6, 6.07) is 16.8. The topological polar surface area (TPSA) is 56.7 Å². The van der Waals surface area contributed by atoms with Crippen molar-refractivity contribution < 1.29 is 4.52 Å². The highest BCUT2D eigenvalue weighted by Crippen LogP contribution is 2.33. The molecule has 136 valence electrons. The molecule has 0 saturated carbocycles. The van der Waals surface area contributed by atoms with Gasteiger partial charge in [-0.05, 0) is 36.1 Å². The van der Waals surface area contributed by atoms with Gasteiger partial charge in [-0.25, -0.2) is 4.98 Å². The Balaban J connectivity index is 1.44. The van der Waals surface area contributed by atoms with Crippen LogP contribution in [0.2, 0.25) is 0 Å². The van der Waals surface area contributed by atoms with Crippen LogP contribution in [0.4, 0.5) is 0 Å². The molecule has 2 aromatic carbocycles. The largest absolute Gasteiger partial charge is 0.339 e. The third-order valence-electron chi connectivity index (χ3n) is 5.38. The molecule has 0 radical (unpaired) electrons. The van der Waals surface area contributed by atoms with Crippen LogP contribution >= 0.6 is 0 Å². The van der Waals surface area contributed by atoms with Crippen molar-refractivity contribution >= 4 is 11.0 Å². The van der Waals surface area contributed by atoms with Gasteiger partial charge in [-0.2, -0.15) is 4.98 Å². The van der Waals surface area contributed by atoms with Crippen LogP contribution in [0.15, 0.2) is 53.1 Å². The summed E-state index contributed by atoms with van der Waals surface area (Å²) in [5.74, 6) is 3.12. The van der Waals surface area contributed by atoms with Crippen LogP contribution in [0.3, 0.4) is 0 Å². The summed E-state index contributed by atoms with van der Waals surface area (Å²) in [5.41, 5.74) is 4.91. The summed E-state index contributed by atoms with van der Waals surface area (Å²) >= 11 is 0. The van der Waals surface area contributed by atoms with Crippen LogP contribution in [0.1, 0.15) is 54.3 Å². The Bertz CT molecular complexity index is 1080. The Labute approximate surface area is 158 Å². The molecule has 5 heteroatoms. The van der Waals surface area contributed by atoms with E-state index in [0.29, 0.717) is 18.3 Å². The normalized spacial score (nSPS) is 14.3. The number of fused-ring (bicyclic) bond motifs is 2. The second-order valence-electron chi connectivity index (χ2n) is 7.62. The van der Waals surface area contributed by atoms with Gasteiger partial charge < -0.3 is 9.09 Å². The molecular weight excluding hydrogens is 336 g/mol. The lowest BCUT2D eigenvalue weighted by Gasteiger charge is -2.09. The fourth-order valence-electron chi connectivity index (χ4n) is 4.07. The fourth-order valence-corrected chi connectivity index (χ4v) is 4.07. The SMILES string of the molecule is CC(C)c1nc2ccccc2n1Cc1noc(C2Cc3ccccc3C2)n1. The van der Waals surface area contributed by atoms with Gasteiger partial charge in [0.25, 0.3) is 0 Å². The van der Waals surface area contributed by atoms with E-state index in [1.165, 1.54) is 11.1 Å². The summed E-state index contributed by atoms with van der Waals surface area (Å²) in [6.45, 7) is 4.90. The zero-order valence-corrected chi connectivity index (χ0v) is 15.6. The molecule has 2 aromatic heterocycles. The molecular formula is C22H22N4O. The van der Waals surface area contributed by atoms with Crippen molar-refractivity contribution in [2.24, 2.45) is 0 Å². The van der Waals surface area contributed by atoms with Gasteiger partial charge in [0.05, 0.1) is 17.6 Å². The molecule has 1 aliphatic rings. The van der Waals surface area contributed by atoms with Crippen molar-refractivity contribution in [3.8, 4) is 0 Å². The van der Waals surface area contributed by atoms with Crippen LogP contribution in [-0.2, 0) is 19.4 Å². The zero-order valence-electron chi connectivity index (χ0n) is 15.6. The first-order valence-electron chi connectivity index (χ1n) is 9.53. The number of aromatic nitrogens is 4. The predicted molar refractivity (Wildman–Crippen MR) is 104 cm³/mol. The molecule has 0 aliphatic heterocycles. The number of nitrogens with zero attached hydrogens (tertiary/aromatic N) is 4. The minimum Gasteiger partial charge on any atom is -0.339 e. The van der Waals surface area contributed by atoms with Crippen molar-refractivity contribution in [2.75, 3.05) is 0 Å². The summed E-state index contributed by atoms with van der Waals surface area (Å²) in [7, 11) is 0. The van der Waals surface area contributed by atoms with E-state index in [9.17, 15) is 0 Å². The maximum Gasteiger partial charge on any atom is 0.230 e. The minimum atomic E-state index is 0.285. The van der Waals surface area contributed by atoms with E-state index >= 15 is 0 Å². The summed E-state index contributed by atoms with van der Waals surface area (Å²) in [5, 5.41) is 4.27. The molecule has 0 amide bonds. The van der Waals surface area contributed by atoms with Crippen LogP contribution in [0.25, 0.3) is 11.0 Å². The van der Waals surface area contributed by atoms with Gasteiger partial charge >= 0.3 is 0 Å². The standard InChI is InChI=1S/C22H22N4O/c1-14(2)21-23-18-9-5-6-10-19(18)26(21)13-20-24-22(27-25-20)17-11-15-7-3-4-8-16(15)12-17/h3-10,14,17H,11-13H2,1-2H3. The summed E-state index contributed by atoms with van der Waals surface area (Å²) in [4.78, 5) is 9.53. The van der Waals surface area contributed by atoms with E-state index in [0.717, 1.165) is 35.6 Å². The Morgan fingerprint density at radius 3 is 2.44 bits per heavy atom. The first kappa shape index (κ1) is 16.2. The van der Waals surface area contributed by atoms with E-state index in [2.05, 4.69) is 60.0 Å². The van der Waals surface area contributed by atoms with Gasteiger partial charge in [-0.15, -0.1) is 0 Å². The van der Waals surface area contributed by atoms with Gasteiger partial charge in [0, 0.05) is 11.8 Å². The lowest BCUT2D eigenvalue weighted by molar-refractivity contribution is 0.351. The average Bonchev–Trinajstić information content (AvgIpc) is 3.38. The molecule has 0 N–H and O–H groups in total. The second-order valence-corrected chi connectivity index (χ2v) is 7.62. The number of hydrogen-bond donors (Lipinski definition) is 0. The Morgan fingerprint density at radius 2 is 1.70 bits per heavy atom. The lowest BCUT2D eigenvalue weighted by Crippen LogP contribution is -2.08. The quantitative estimate of drug-likeness (QED) is 0.540. The highest BCUT2D eigenvalue weighted by Gasteiger charge is 2.27.